The molecule has 0 saturated heterocycles. The summed E-state index contributed by atoms with van der Waals surface area (Å²) < 4.78 is 47.3. The molecule has 0 amide bonds. The highest BCUT2D eigenvalue weighted by molar-refractivity contribution is 5.87. The number of hydrogen-bond acceptors (Lipinski definition) is 4. The Balaban J connectivity index is 3.09. The first kappa shape index (κ1) is 13.5. The van der Waals surface area contributed by atoms with Crippen LogP contribution in [0.15, 0.2) is 6.07 Å². The summed E-state index contributed by atoms with van der Waals surface area (Å²) in [6, 6.07) is 0.636. The molecular formula is C9H11F3N2O3. The Kier molecular flexibility index (Phi) is 4.11. The fourth-order valence-corrected chi connectivity index (χ4v) is 1.15. The van der Waals surface area contributed by atoms with Crippen LogP contribution in [0.5, 0.6) is 0 Å². The first-order valence-corrected chi connectivity index (χ1v) is 4.71. The normalized spacial score (nSPS) is 11.6. The molecule has 0 aromatic carbocycles. The smallest absolute Gasteiger partial charge is 0.435 e. The zero-order chi connectivity index (χ0) is 13.1. The third kappa shape index (κ3) is 3.19. The van der Waals surface area contributed by atoms with E-state index in [2.05, 4.69) is 14.6 Å². The number of nitrogens with zero attached hydrogens (tertiary/aromatic N) is 2. The van der Waals surface area contributed by atoms with Crippen LogP contribution in [0.2, 0.25) is 0 Å². The van der Waals surface area contributed by atoms with E-state index in [9.17, 15) is 18.0 Å². The highest BCUT2D eigenvalue weighted by atomic mass is 19.4. The van der Waals surface area contributed by atoms with Crippen molar-refractivity contribution in [3.63, 3.8) is 0 Å². The Morgan fingerprint density at radius 2 is 2.18 bits per heavy atom. The molecule has 96 valence electrons. The van der Waals surface area contributed by atoms with E-state index in [0.29, 0.717) is 6.07 Å². The lowest BCUT2D eigenvalue weighted by atomic mass is 10.3. The molecule has 0 aliphatic heterocycles. The average Bonchev–Trinajstić information content (AvgIpc) is 2.62. The van der Waals surface area contributed by atoms with Crippen molar-refractivity contribution >= 4 is 5.97 Å². The Hall–Kier alpha value is -1.57. The van der Waals surface area contributed by atoms with Crippen molar-refractivity contribution in [2.45, 2.75) is 19.8 Å². The highest BCUT2D eigenvalue weighted by Crippen LogP contribution is 2.28. The molecule has 0 saturated carbocycles. The molecule has 0 aliphatic rings. The SMILES string of the molecule is CCOC(=O)c1cc(C(F)(F)F)nn1COC. The monoisotopic (exact) mass is 252 g/mol. The summed E-state index contributed by atoms with van der Waals surface area (Å²) in [4.78, 5) is 11.4. The van der Waals surface area contributed by atoms with Gasteiger partial charge < -0.3 is 9.47 Å². The second-order valence-electron chi connectivity index (χ2n) is 3.05. The van der Waals surface area contributed by atoms with E-state index in [1.807, 2.05) is 0 Å². The van der Waals surface area contributed by atoms with E-state index in [1.54, 1.807) is 6.92 Å². The van der Waals surface area contributed by atoms with Gasteiger partial charge in [0.05, 0.1) is 6.61 Å². The Morgan fingerprint density at radius 1 is 1.53 bits per heavy atom. The van der Waals surface area contributed by atoms with Gasteiger partial charge in [0.25, 0.3) is 0 Å². The molecular weight excluding hydrogens is 241 g/mol. The van der Waals surface area contributed by atoms with E-state index in [-0.39, 0.29) is 19.0 Å². The Labute approximate surface area is 95.1 Å². The van der Waals surface area contributed by atoms with Crippen molar-refractivity contribution in [1.29, 1.82) is 0 Å². The number of ether oxygens (including phenoxy) is 2. The van der Waals surface area contributed by atoms with E-state index < -0.39 is 17.8 Å². The lowest BCUT2D eigenvalue weighted by Crippen LogP contribution is -2.14. The number of aromatic nitrogens is 2. The van der Waals surface area contributed by atoms with Gasteiger partial charge in [-0.2, -0.15) is 18.3 Å². The second-order valence-corrected chi connectivity index (χ2v) is 3.05. The van der Waals surface area contributed by atoms with Gasteiger partial charge in [0, 0.05) is 13.2 Å². The lowest BCUT2D eigenvalue weighted by molar-refractivity contribution is -0.141. The van der Waals surface area contributed by atoms with Gasteiger partial charge in [-0.25, -0.2) is 9.48 Å². The van der Waals surface area contributed by atoms with E-state index in [4.69, 9.17) is 0 Å². The maximum atomic E-state index is 12.4. The molecule has 0 aliphatic carbocycles. The molecule has 0 unspecified atom stereocenters. The summed E-state index contributed by atoms with van der Waals surface area (Å²) in [5.41, 5.74) is -1.45. The summed E-state index contributed by atoms with van der Waals surface area (Å²) in [5.74, 6) is -0.868. The first-order chi connectivity index (χ1) is 7.90. The summed E-state index contributed by atoms with van der Waals surface area (Å²) >= 11 is 0. The molecule has 0 radical (unpaired) electrons. The predicted molar refractivity (Wildman–Crippen MR) is 50.2 cm³/mol. The number of carbonyl (C=O) groups excluding carboxylic acids is 1. The van der Waals surface area contributed by atoms with Gasteiger partial charge in [-0.05, 0) is 6.92 Å². The number of hydrogen-bond donors (Lipinski definition) is 0. The Morgan fingerprint density at radius 3 is 2.65 bits per heavy atom. The molecule has 0 fully saturated rings. The van der Waals surface area contributed by atoms with Gasteiger partial charge in [0.2, 0.25) is 0 Å². The fraction of sp³-hybridized carbons (Fsp3) is 0.556. The zero-order valence-corrected chi connectivity index (χ0v) is 9.24. The summed E-state index contributed by atoms with van der Waals surface area (Å²) in [7, 11) is 1.28. The summed E-state index contributed by atoms with van der Waals surface area (Å²) in [5, 5.41) is 3.24. The fourth-order valence-electron chi connectivity index (χ4n) is 1.15. The maximum absolute atomic E-state index is 12.4. The minimum atomic E-state index is -4.61. The van der Waals surface area contributed by atoms with Gasteiger partial charge in [-0.15, -0.1) is 0 Å². The summed E-state index contributed by atoms with van der Waals surface area (Å²) in [6.07, 6.45) is -4.61. The van der Waals surface area contributed by atoms with Crippen LogP contribution in [0.1, 0.15) is 23.1 Å². The molecule has 8 heteroatoms. The van der Waals surface area contributed by atoms with Crippen LogP contribution in [0.3, 0.4) is 0 Å². The average molecular weight is 252 g/mol. The van der Waals surface area contributed by atoms with Crippen LogP contribution in [0.4, 0.5) is 13.2 Å². The van der Waals surface area contributed by atoms with Crippen molar-refractivity contribution in [3.8, 4) is 0 Å². The van der Waals surface area contributed by atoms with Crippen LogP contribution in [0, 0.1) is 0 Å². The third-order valence-corrected chi connectivity index (χ3v) is 1.81. The van der Waals surface area contributed by atoms with E-state index in [1.165, 1.54) is 7.11 Å². The second kappa shape index (κ2) is 5.17. The number of alkyl halides is 3. The minimum absolute atomic E-state index is 0.0678. The topological polar surface area (TPSA) is 53.3 Å². The molecule has 0 bridgehead atoms. The number of carbonyl (C=O) groups is 1. The molecule has 1 rings (SSSR count). The van der Waals surface area contributed by atoms with Gasteiger partial charge in [0.15, 0.2) is 5.69 Å². The van der Waals surface area contributed by atoms with Crippen LogP contribution in [0.25, 0.3) is 0 Å². The van der Waals surface area contributed by atoms with Crippen LogP contribution >= 0.6 is 0 Å². The lowest BCUT2D eigenvalue weighted by Gasteiger charge is -2.04. The van der Waals surface area contributed by atoms with Crippen molar-refractivity contribution in [1.82, 2.24) is 9.78 Å². The van der Waals surface area contributed by atoms with Gasteiger partial charge in [0.1, 0.15) is 12.4 Å². The molecule has 1 aromatic heterocycles. The van der Waals surface area contributed by atoms with E-state index >= 15 is 0 Å². The number of methoxy groups -OCH3 is 1. The Bertz CT molecular complexity index is 401. The maximum Gasteiger partial charge on any atom is 0.435 e. The number of rotatable bonds is 4. The number of esters is 1. The predicted octanol–water partition coefficient (Wildman–Crippen LogP) is 1.68. The first-order valence-electron chi connectivity index (χ1n) is 4.71. The number of halogens is 3. The van der Waals surface area contributed by atoms with Crippen molar-refractivity contribution in [3.05, 3.63) is 17.5 Å². The molecule has 0 N–H and O–H groups in total. The highest BCUT2D eigenvalue weighted by Gasteiger charge is 2.36. The standard InChI is InChI=1S/C9H11F3N2O3/c1-3-17-8(15)6-4-7(9(10,11)12)13-14(6)5-16-2/h4H,3,5H2,1-2H3. The molecule has 17 heavy (non-hydrogen) atoms. The molecule has 1 heterocycles. The molecule has 0 spiro atoms. The quantitative estimate of drug-likeness (QED) is 0.765. The van der Waals surface area contributed by atoms with Crippen LogP contribution < -0.4 is 0 Å². The van der Waals surface area contributed by atoms with Gasteiger partial charge >= 0.3 is 12.1 Å². The molecule has 0 atom stereocenters. The van der Waals surface area contributed by atoms with Gasteiger partial charge in [-0.3, -0.25) is 0 Å². The van der Waals surface area contributed by atoms with E-state index in [0.717, 1.165) is 4.68 Å². The van der Waals surface area contributed by atoms with Crippen LogP contribution in [-0.4, -0.2) is 29.5 Å². The van der Waals surface area contributed by atoms with Crippen molar-refractivity contribution in [2.24, 2.45) is 0 Å². The third-order valence-electron chi connectivity index (χ3n) is 1.81. The van der Waals surface area contributed by atoms with Crippen molar-refractivity contribution in [2.75, 3.05) is 13.7 Å². The zero-order valence-electron chi connectivity index (χ0n) is 9.24. The minimum Gasteiger partial charge on any atom is -0.461 e. The van der Waals surface area contributed by atoms with Gasteiger partial charge in [-0.1, -0.05) is 0 Å². The van der Waals surface area contributed by atoms with Crippen molar-refractivity contribution < 1.29 is 27.4 Å². The molecule has 5 nitrogen and oxygen atoms in total. The summed E-state index contributed by atoms with van der Waals surface area (Å²) in [6.45, 7) is 1.36. The largest absolute Gasteiger partial charge is 0.461 e. The van der Waals surface area contributed by atoms with Crippen LogP contribution in [-0.2, 0) is 22.4 Å². The molecule has 1 aromatic rings.